The van der Waals surface area contributed by atoms with Crippen LogP contribution in [0.4, 0.5) is 15.8 Å². The first-order valence-corrected chi connectivity index (χ1v) is 22.9. The number of benzene rings is 6. The zero-order chi connectivity index (χ0) is 47.9. The maximum absolute atomic E-state index is 13.9. The Labute approximate surface area is 369 Å². The molecule has 0 radical (unpaired) electrons. The van der Waals surface area contributed by atoms with Crippen molar-refractivity contribution in [2.75, 3.05) is 19.0 Å². The van der Waals surface area contributed by atoms with Crippen LogP contribution >= 0.6 is 0 Å². The lowest BCUT2D eigenvalue weighted by Crippen LogP contribution is -2.18. The molecule has 65 heavy (non-hydrogen) atoms. The van der Waals surface area contributed by atoms with Crippen LogP contribution in [0.5, 0.6) is 23.0 Å². The highest BCUT2D eigenvalue weighted by atomic mass is 32.2. The van der Waals surface area contributed by atoms with Gasteiger partial charge < -0.3 is 18.4 Å². The number of hydrogen-bond acceptors (Lipinski definition) is 15. The molecule has 0 aliphatic carbocycles. The zero-order valence-electron chi connectivity index (χ0n) is 33.7. The molecule has 0 saturated heterocycles. The highest BCUT2D eigenvalue weighted by molar-refractivity contribution is 7.87. The lowest BCUT2D eigenvalue weighted by molar-refractivity contribution is -0.386. The van der Waals surface area contributed by atoms with Gasteiger partial charge >= 0.3 is 27.5 Å². The van der Waals surface area contributed by atoms with E-state index in [2.05, 4.69) is 13.2 Å². The minimum absolute atomic E-state index is 0.0184. The third kappa shape index (κ3) is 12.5. The lowest BCUT2D eigenvalue weighted by Gasteiger charge is -2.12. The van der Waals surface area contributed by atoms with E-state index < -0.39 is 91.3 Å². The van der Waals surface area contributed by atoms with Gasteiger partial charge in [0.05, 0.1) is 22.2 Å². The van der Waals surface area contributed by atoms with Crippen LogP contribution in [0.25, 0.3) is 33.7 Å². The van der Waals surface area contributed by atoms with Crippen LogP contribution in [0.2, 0.25) is 0 Å². The number of rotatable bonds is 17. The summed E-state index contributed by atoms with van der Waals surface area (Å²) < 4.78 is 123. The number of carbonyl (C=O) groups excluding carboxylic acids is 1. The van der Waals surface area contributed by atoms with Crippen molar-refractivity contribution < 1.29 is 71.8 Å². The van der Waals surface area contributed by atoms with E-state index in [4.69, 9.17) is 22.9 Å². The smallest absolute Gasteiger partial charge is 0.349 e. The molecule has 6 aromatic carbocycles. The van der Waals surface area contributed by atoms with Crippen molar-refractivity contribution in [1.82, 2.24) is 0 Å². The average molecular weight is 955 g/mol. The third-order valence-electron chi connectivity index (χ3n) is 9.02. The SMILES string of the molecule is C=Cc1ccc(OS(=O)(=O)CCCOc2cc(F)c(S(=O)(=O)O)cc2[N+](=O)[O-])c2ccccc12.C=Cc1ccc2cc(OC(=O)COc3cc(C)c(S(=O)(=O)O)cc3[N+](=O)[O-])ccc2c1. The number of aryl methyl sites for hydroxylation is 1. The molecule has 23 heteroatoms. The Bertz CT molecular complexity index is 3230. The number of ether oxygens (including phenoxy) is 3. The molecule has 0 bridgehead atoms. The molecule has 6 aromatic rings. The molecular formula is C42H35FN2O17S3. The van der Waals surface area contributed by atoms with Crippen LogP contribution in [0.3, 0.4) is 0 Å². The number of hydrogen-bond donors (Lipinski definition) is 2. The number of halogens is 1. The van der Waals surface area contributed by atoms with Gasteiger partial charge in [-0.2, -0.15) is 25.3 Å². The van der Waals surface area contributed by atoms with Gasteiger partial charge in [-0.15, -0.1) is 0 Å². The highest BCUT2D eigenvalue weighted by Crippen LogP contribution is 2.35. The largest absolute Gasteiger partial charge is 0.487 e. The number of fused-ring (bicyclic) bond motifs is 2. The van der Waals surface area contributed by atoms with E-state index in [0.29, 0.717) is 23.6 Å². The van der Waals surface area contributed by atoms with Crippen molar-refractivity contribution in [3.05, 3.63) is 153 Å². The Morgan fingerprint density at radius 1 is 0.723 bits per heavy atom. The molecule has 0 spiro atoms. The Balaban J connectivity index is 0.000000245. The zero-order valence-corrected chi connectivity index (χ0v) is 36.1. The van der Waals surface area contributed by atoms with Crippen molar-refractivity contribution >= 4 is 81.4 Å². The fourth-order valence-corrected chi connectivity index (χ4v) is 8.31. The molecular weight excluding hydrogens is 920 g/mol. The quantitative estimate of drug-likeness (QED) is 0.0167. The van der Waals surface area contributed by atoms with Gasteiger partial charge in [0, 0.05) is 23.6 Å². The van der Waals surface area contributed by atoms with E-state index >= 15 is 0 Å². The summed E-state index contributed by atoms with van der Waals surface area (Å²) in [5.74, 6) is -3.38. The Hall–Kier alpha value is -7.31. The standard InChI is InChI=1S/C21H18FNO9S2.C21H17NO8S/c1-2-14-8-9-19(16-7-4-3-6-15(14)16)32-33(26,27)11-5-10-31-20-12-17(22)21(34(28,29)30)13-18(20)23(24)25;1-3-14-4-5-16-10-17(7-6-15(16)9-14)30-21(23)12-29-19-8-13(2)20(31(26,27)28)11-18(19)22(24)25/h2-4,6-9,12-13H,1,5,10-11H2,(H,28,29,30);3-11H,1,12H2,2H3,(H,26,27,28). The topological polar surface area (TPSA) is 283 Å². The van der Waals surface area contributed by atoms with Crippen LogP contribution in [0.15, 0.2) is 120 Å². The van der Waals surface area contributed by atoms with Gasteiger partial charge in [0.15, 0.2) is 18.1 Å². The molecule has 0 atom stereocenters. The van der Waals surface area contributed by atoms with E-state index in [0.717, 1.165) is 33.4 Å². The van der Waals surface area contributed by atoms with E-state index in [1.165, 1.54) is 13.0 Å². The average Bonchev–Trinajstić information content (AvgIpc) is 3.23. The highest BCUT2D eigenvalue weighted by Gasteiger charge is 2.27. The van der Waals surface area contributed by atoms with Crippen LogP contribution in [-0.4, -0.2) is 69.1 Å². The van der Waals surface area contributed by atoms with Crippen LogP contribution in [0, 0.1) is 33.0 Å². The molecule has 0 amide bonds. The molecule has 0 aliphatic rings. The van der Waals surface area contributed by atoms with E-state index in [1.807, 2.05) is 18.2 Å². The second-order valence-electron chi connectivity index (χ2n) is 13.5. The first kappa shape index (κ1) is 48.7. The lowest BCUT2D eigenvalue weighted by atomic mass is 10.0. The summed E-state index contributed by atoms with van der Waals surface area (Å²) >= 11 is 0. The number of carbonyl (C=O) groups is 1. The minimum atomic E-state index is -5.04. The van der Waals surface area contributed by atoms with E-state index in [-0.39, 0.29) is 35.8 Å². The summed E-state index contributed by atoms with van der Waals surface area (Å²) in [5.41, 5.74) is 0.131. The summed E-state index contributed by atoms with van der Waals surface area (Å²) in [4.78, 5) is 30.8. The number of esters is 1. The molecule has 0 saturated carbocycles. The predicted octanol–water partition coefficient (Wildman–Crippen LogP) is 7.89. The van der Waals surface area contributed by atoms with Gasteiger partial charge in [0.2, 0.25) is 0 Å². The van der Waals surface area contributed by atoms with Crippen LogP contribution < -0.4 is 18.4 Å². The fourth-order valence-electron chi connectivity index (χ4n) is 6.04. The van der Waals surface area contributed by atoms with Crippen molar-refractivity contribution in [3.63, 3.8) is 0 Å². The fraction of sp³-hybridized carbons (Fsp3) is 0.119. The molecule has 2 N–H and O–H groups in total. The maximum Gasteiger partial charge on any atom is 0.349 e. The molecule has 340 valence electrons. The van der Waals surface area contributed by atoms with Crippen molar-refractivity contribution in [1.29, 1.82) is 0 Å². The first-order valence-electron chi connectivity index (χ1n) is 18.4. The van der Waals surface area contributed by atoms with Gasteiger partial charge in [-0.05, 0) is 76.5 Å². The van der Waals surface area contributed by atoms with Gasteiger partial charge in [-0.3, -0.25) is 29.3 Å². The molecule has 19 nitrogen and oxygen atoms in total. The van der Waals surface area contributed by atoms with Crippen molar-refractivity contribution in [2.45, 2.75) is 23.1 Å². The molecule has 0 fully saturated rings. The van der Waals surface area contributed by atoms with Gasteiger partial charge in [-0.1, -0.05) is 73.8 Å². The normalized spacial score (nSPS) is 11.5. The summed E-state index contributed by atoms with van der Waals surface area (Å²) in [5, 5.41) is 25.5. The molecule has 6 rings (SSSR count). The Kier molecular flexibility index (Phi) is 15.0. The van der Waals surface area contributed by atoms with Crippen molar-refractivity contribution in [3.8, 4) is 23.0 Å². The van der Waals surface area contributed by atoms with Gasteiger partial charge in [0.1, 0.15) is 27.1 Å². The van der Waals surface area contributed by atoms with E-state index in [9.17, 15) is 59.2 Å². The van der Waals surface area contributed by atoms with Crippen LogP contribution in [0.1, 0.15) is 23.1 Å². The van der Waals surface area contributed by atoms with Crippen LogP contribution in [-0.2, 0) is 35.1 Å². The second kappa shape index (κ2) is 20.0. The Morgan fingerprint density at radius 2 is 1.32 bits per heavy atom. The summed E-state index contributed by atoms with van der Waals surface area (Å²) in [6, 6.07) is 23.3. The van der Waals surface area contributed by atoms with Gasteiger partial charge in [0.25, 0.3) is 20.2 Å². The first-order chi connectivity index (χ1) is 30.5. The molecule has 0 unspecified atom stereocenters. The second-order valence-corrected chi connectivity index (χ2v) is 18.0. The van der Waals surface area contributed by atoms with E-state index in [1.54, 1.807) is 60.7 Å². The predicted molar refractivity (Wildman–Crippen MR) is 234 cm³/mol. The van der Waals surface area contributed by atoms with Crippen molar-refractivity contribution in [2.24, 2.45) is 0 Å². The molecule has 0 heterocycles. The number of nitro groups is 2. The van der Waals surface area contributed by atoms with Gasteiger partial charge in [-0.25, -0.2) is 9.18 Å². The third-order valence-corrected chi connectivity index (χ3v) is 12.1. The number of nitrogens with zero attached hydrogens (tertiary/aromatic N) is 2. The Morgan fingerprint density at radius 3 is 1.94 bits per heavy atom. The number of nitro benzene ring substituents is 2. The summed E-state index contributed by atoms with van der Waals surface area (Å²) in [6.07, 6.45) is 3.17. The monoisotopic (exact) mass is 954 g/mol. The summed E-state index contributed by atoms with van der Waals surface area (Å²) in [6.45, 7) is 7.72. The molecule has 0 aliphatic heterocycles. The summed E-state index contributed by atoms with van der Waals surface area (Å²) in [7, 11) is -13.8. The maximum atomic E-state index is 13.9. The molecule has 0 aromatic heterocycles. The minimum Gasteiger partial charge on any atom is -0.487 e.